The van der Waals surface area contributed by atoms with Crippen molar-refractivity contribution in [2.45, 2.75) is 18.9 Å². The van der Waals surface area contributed by atoms with Crippen LogP contribution in [0.1, 0.15) is 12.8 Å². The number of fused-ring (bicyclic) bond motifs is 2. The highest BCUT2D eigenvalue weighted by Crippen LogP contribution is 2.41. The van der Waals surface area contributed by atoms with Crippen molar-refractivity contribution in [2.75, 3.05) is 26.8 Å². The third-order valence-corrected chi connectivity index (χ3v) is 3.40. The predicted molar refractivity (Wildman–Crippen MR) is 49.1 cm³/mol. The van der Waals surface area contributed by atoms with Gasteiger partial charge in [0.15, 0.2) is 0 Å². The van der Waals surface area contributed by atoms with Crippen LogP contribution in [0.2, 0.25) is 0 Å². The molecular weight excluding hydrogens is 164 g/mol. The Hall–Kier alpha value is -0.590. The summed E-state index contributed by atoms with van der Waals surface area (Å²) in [7, 11) is 1.74. The number of nitrogens with zero attached hydrogens (tertiary/aromatic N) is 2. The van der Waals surface area contributed by atoms with E-state index in [-0.39, 0.29) is 0 Å². The summed E-state index contributed by atoms with van der Waals surface area (Å²) >= 11 is 0. The molecule has 1 aliphatic carbocycles. The SMILES string of the molecule is COCCN1CC2CC1CC2C#N. The van der Waals surface area contributed by atoms with Crippen LogP contribution in [0, 0.1) is 23.2 Å². The number of ether oxygens (including phenoxy) is 1. The minimum atomic E-state index is 0.337. The highest BCUT2D eigenvalue weighted by Gasteiger charge is 2.44. The third kappa shape index (κ3) is 1.56. The van der Waals surface area contributed by atoms with Crippen molar-refractivity contribution in [1.82, 2.24) is 4.90 Å². The number of nitriles is 1. The lowest BCUT2D eigenvalue weighted by molar-refractivity contribution is 0.121. The molecule has 0 aromatic rings. The number of rotatable bonds is 3. The summed E-state index contributed by atoms with van der Waals surface area (Å²) in [6.07, 6.45) is 2.33. The van der Waals surface area contributed by atoms with Gasteiger partial charge in [-0.15, -0.1) is 0 Å². The van der Waals surface area contributed by atoms with Crippen LogP contribution in [0.4, 0.5) is 0 Å². The lowest BCUT2D eigenvalue weighted by Gasteiger charge is -2.28. The molecule has 1 saturated heterocycles. The van der Waals surface area contributed by atoms with Crippen LogP contribution in [-0.4, -0.2) is 37.7 Å². The molecule has 3 atom stereocenters. The maximum Gasteiger partial charge on any atom is 0.0659 e. The van der Waals surface area contributed by atoms with Crippen LogP contribution in [0.5, 0.6) is 0 Å². The standard InChI is InChI=1S/C10H16N2O/c1-13-3-2-12-7-9-5-10(12)4-8(9)6-11/h8-10H,2-5,7H2,1H3. The van der Waals surface area contributed by atoms with E-state index in [0.29, 0.717) is 17.9 Å². The second-order valence-electron chi connectivity index (χ2n) is 4.11. The van der Waals surface area contributed by atoms with Gasteiger partial charge in [0.25, 0.3) is 0 Å². The largest absolute Gasteiger partial charge is 0.383 e. The molecule has 3 heteroatoms. The number of likely N-dealkylation sites (tertiary alicyclic amines) is 1. The van der Waals surface area contributed by atoms with Crippen LogP contribution in [-0.2, 0) is 4.74 Å². The van der Waals surface area contributed by atoms with Crippen molar-refractivity contribution < 1.29 is 4.74 Å². The lowest BCUT2D eigenvalue weighted by Crippen LogP contribution is -2.37. The Bertz CT molecular complexity index is 223. The predicted octanol–water partition coefficient (Wildman–Crippen LogP) is 0.867. The van der Waals surface area contributed by atoms with Crippen molar-refractivity contribution in [3.63, 3.8) is 0 Å². The highest BCUT2D eigenvalue weighted by molar-refractivity contribution is 5.04. The summed E-state index contributed by atoms with van der Waals surface area (Å²) in [6.45, 7) is 2.97. The fraction of sp³-hybridized carbons (Fsp3) is 0.900. The van der Waals surface area contributed by atoms with Crippen molar-refractivity contribution >= 4 is 0 Å². The first-order valence-corrected chi connectivity index (χ1v) is 4.97. The molecule has 2 fully saturated rings. The number of methoxy groups -OCH3 is 1. The summed E-state index contributed by atoms with van der Waals surface area (Å²) in [6, 6.07) is 3.09. The van der Waals surface area contributed by atoms with Crippen LogP contribution < -0.4 is 0 Å². The fourth-order valence-electron chi connectivity index (χ4n) is 2.69. The number of hydrogen-bond donors (Lipinski definition) is 0. The Balaban J connectivity index is 1.85. The van der Waals surface area contributed by atoms with Crippen molar-refractivity contribution in [3.8, 4) is 6.07 Å². The molecule has 0 radical (unpaired) electrons. The topological polar surface area (TPSA) is 36.3 Å². The average Bonchev–Trinajstić information content (AvgIpc) is 2.72. The lowest BCUT2D eigenvalue weighted by atomic mass is 9.96. The molecule has 2 aliphatic rings. The van der Waals surface area contributed by atoms with Gasteiger partial charge < -0.3 is 4.74 Å². The Kier molecular flexibility index (Phi) is 2.52. The minimum absolute atomic E-state index is 0.337. The summed E-state index contributed by atoms with van der Waals surface area (Å²) in [5.41, 5.74) is 0. The van der Waals surface area contributed by atoms with Crippen molar-refractivity contribution in [3.05, 3.63) is 0 Å². The van der Waals surface area contributed by atoms with Gasteiger partial charge in [-0.05, 0) is 18.8 Å². The molecule has 0 aromatic heterocycles. The zero-order chi connectivity index (χ0) is 9.26. The molecular formula is C10H16N2O. The van der Waals surface area contributed by atoms with E-state index in [9.17, 15) is 0 Å². The zero-order valence-corrected chi connectivity index (χ0v) is 8.07. The molecule has 0 spiro atoms. The monoisotopic (exact) mass is 180 g/mol. The summed E-state index contributed by atoms with van der Waals surface area (Å²) < 4.78 is 5.06. The van der Waals surface area contributed by atoms with E-state index < -0.39 is 0 Å². The first kappa shape index (κ1) is 8.98. The van der Waals surface area contributed by atoms with E-state index in [1.807, 2.05) is 0 Å². The molecule has 1 heterocycles. The van der Waals surface area contributed by atoms with Gasteiger partial charge in [-0.1, -0.05) is 0 Å². The van der Waals surface area contributed by atoms with Gasteiger partial charge in [-0.3, -0.25) is 4.90 Å². The molecule has 72 valence electrons. The summed E-state index contributed by atoms with van der Waals surface area (Å²) in [5.74, 6) is 0.982. The molecule has 0 aromatic carbocycles. The van der Waals surface area contributed by atoms with Gasteiger partial charge in [-0.25, -0.2) is 0 Å². The van der Waals surface area contributed by atoms with E-state index in [4.69, 9.17) is 10.00 Å². The van der Waals surface area contributed by atoms with Gasteiger partial charge in [0.2, 0.25) is 0 Å². The van der Waals surface area contributed by atoms with E-state index in [0.717, 1.165) is 26.1 Å². The Labute approximate surface area is 79.3 Å². The first-order valence-electron chi connectivity index (χ1n) is 4.97. The van der Waals surface area contributed by atoms with E-state index in [1.54, 1.807) is 7.11 Å². The Morgan fingerprint density at radius 3 is 2.92 bits per heavy atom. The van der Waals surface area contributed by atoms with Crippen molar-refractivity contribution in [1.29, 1.82) is 5.26 Å². The molecule has 3 unspecified atom stereocenters. The van der Waals surface area contributed by atoms with Crippen LogP contribution in [0.25, 0.3) is 0 Å². The molecule has 0 amide bonds. The van der Waals surface area contributed by atoms with Gasteiger partial charge >= 0.3 is 0 Å². The van der Waals surface area contributed by atoms with E-state index in [1.165, 1.54) is 6.42 Å². The zero-order valence-electron chi connectivity index (χ0n) is 8.07. The third-order valence-electron chi connectivity index (χ3n) is 3.40. The van der Waals surface area contributed by atoms with Gasteiger partial charge in [0.1, 0.15) is 0 Å². The summed E-state index contributed by atoms with van der Waals surface area (Å²) in [4.78, 5) is 2.47. The number of hydrogen-bond acceptors (Lipinski definition) is 3. The molecule has 0 N–H and O–H groups in total. The minimum Gasteiger partial charge on any atom is -0.383 e. The fourth-order valence-corrected chi connectivity index (χ4v) is 2.69. The molecule has 2 bridgehead atoms. The van der Waals surface area contributed by atoms with E-state index >= 15 is 0 Å². The second-order valence-corrected chi connectivity index (χ2v) is 4.11. The molecule has 1 saturated carbocycles. The average molecular weight is 180 g/mol. The molecule has 1 aliphatic heterocycles. The van der Waals surface area contributed by atoms with Gasteiger partial charge in [0.05, 0.1) is 18.6 Å². The van der Waals surface area contributed by atoms with E-state index in [2.05, 4.69) is 11.0 Å². The molecule has 2 rings (SSSR count). The Morgan fingerprint density at radius 1 is 1.54 bits per heavy atom. The molecule has 3 nitrogen and oxygen atoms in total. The van der Waals surface area contributed by atoms with Crippen LogP contribution in [0.15, 0.2) is 0 Å². The normalized spacial score (nSPS) is 38.0. The van der Waals surface area contributed by atoms with Crippen molar-refractivity contribution in [2.24, 2.45) is 11.8 Å². The van der Waals surface area contributed by atoms with Gasteiger partial charge in [0, 0.05) is 26.2 Å². The maximum atomic E-state index is 8.86. The second kappa shape index (κ2) is 3.65. The highest BCUT2D eigenvalue weighted by atomic mass is 16.5. The number of piperidine rings is 1. The van der Waals surface area contributed by atoms with Gasteiger partial charge in [-0.2, -0.15) is 5.26 Å². The quantitative estimate of drug-likeness (QED) is 0.646. The first-order chi connectivity index (χ1) is 6.35. The van der Waals surface area contributed by atoms with Crippen LogP contribution >= 0.6 is 0 Å². The Morgan fingerprint density at radius 2 is 2.38 bits per heavy atom. The summed E-state index contributed by atoms with van der Waals surface area (Å²) in [5, 5.41) is 8.86. The maximum absolute atomic E-state index is 8.86. The molecule has 13 heavy (non-hydrogen) atoms. The smallest absolute Gasteiger partial charge is 0.0659 e. The van der Waals surface area contributed by atoms with Crippen LogP contribution in [0.3, 0.4) is 0 Å².